The molecule has 0 saturated heterocycles. The number of benzene rings is 3. The molecule has 0 radical (unpaired) electrons. The summed E-state index contributed by atoms with van der Waals surface area (Å²) in [5, 5.41) is 0. The number of rotatable bonds is 3. The van der Waals surface area contributed by atoms with Gasteiger partial charge in [-0.25, -0.2) is 9.37 Å². The standard InChI is InChI=1S/C22H19FN2/c1-15-11-12-16(2)17(13-15)14-25-21-10-6-5-9-20(21)24-22(25)18-7-3-4-8-19(18)23/h3-13H,14H2,1-2H3. The van der Waals surface area contributed by atoms with Gasteiger partial charge in [-0.2, -0.15) is 0 Å². The second-order valence-electron chi connectivity index (χ2n) is 6.42. The molecule has 1 heterocycles. The lowest BCUT2D eigenvalue weighted by molar-refractivity contribution is 0.628. The van der Waals surface area contributed by atoms with Gasteiger partial charge >= 0.3 is 0 Å². The lowest BCUT2D eigenvalue weighted by Gasteiger charge is -2.13. The molecule has 4 rings (SSSR count). The average Bonchev–Trinajstić information content (AvgIpc) is 2.97. The number of aryl methyl sites for hydroxylation is 2. The van der Waals surface area contributed by atoms with E-state index in [4.69, 9.17) is 4.98 Å². The summed E-state index contributed by atoms with van der Waals surface area (Å²) in [5.41, 5.74) is 6.10. The maximum absolute atomic E-state index is 14.4. The first-order valence-electron chi connectivity index (χ1n) is 8.40. The number of hydrogen-bond donors (Lipinski definition) is 0. The Kier molecular flexibility index (Phi) is 3.85. The molecule has 2 nitrogen and oxygen atoms in total. The van der Waals surface area contributed by atoms with Gasteiger partial charge in [0.05, 0.1) is 16.6 Å². The van der Waals surface area contributed by atoms with E-state index in [2.05, 4.69) is 36.6 Å². The SMILES string of the molecule is Cc1ccc(C)c(Cn2c(-c3ccccc3F)nc3ccccc32)c1. The van der Waals surface area contributed by atoms with Crippen molar-refractivity contribution in [2.45, 2.75) is 20.4 Å². The zero-order chi connectivity index (χ0) is 17.4. The summed E-state index contributed by atoms with van der Waals surface area (Å²) < 4.78 is 16.5. The highest BCUT2D eigenvalue weighted by Crippen LogP contribution is 2.28. The van der Waals surface area contributed by atoms with E-state index < -0.39 is 0 Å². The monoisotopic (exact) mass is 330 g/mol. The minimum Gasteiger partial charge on any atom is -0.319 e. The fraction of sp³-hybridized carbons (Fsp3) is 0.136. The van der Waals surface area contributed by atoms with Crippen molar-refractivity contribution in [2.75, 3.05) is 0 Å². The van der Waals surface area contributed by atoms with E-state index in [0.717, 1.165) is 11.0 Å². The first-order valence-corrected chi connectivity index (χ1v) is 8.40. The molecule has 3 heteroatoms. The Hall–Kier alpha value is -2.94. The molecule has 25 heavy (non-hydrogen) atoms. The molecule has 0 aliphatic carbocycles. The molecule has 0 N–H and O–H groups in total. The summed E-state index contributed by atoms with van der Waals surface area (Å²) in [4.78, 5) is 4.71. The molecular formula is C22H19FN2. The zero-order valence-electron chi connectivity index (χ0n) is 14.3. The Morgan fingerprint density at radius 2 is 1.68 bits per heavy atom. The summed E-state index contributed by atoms with van der Waals surface area (Å²) in [6, 6.07) is 21.2. The van der Waals surface area contributed by atoms with Gasteiger partial charge in [0.2, 0.25) is 0 Å². The third kappa shape index (κ3) is 2.82. The number of para-hydroxylation sites is 2. The van der Waals surface area contributed by atoms with Crippen molar-refractivity contribution in [3.63, 3.8) is 0 Å². The van der Waals surface area contributed by atoms with Gasteiger partial charge in [0, 0.05) is 6.54 Å². The molecule has 0 spiro atoms. The maximum atomic E-state index is 14.4. The van der Waals surface area contributed by atoms with Crippen LogP contribution >= 0.6 is 0 Å². The number of fused-ring (bicyclic) bond motifs is 1. The molecule has 3 aromatic carbocycles. The second kappa shape index (κ2) is 6.17. The van der Waals surface area contributed by atoms with E-state index in [1.54, 1.807) is 12.1 Å². The summed E-state index contributed by atoms with van der Waals surface area (Å²) in [5.74, 6) is 0.417. The predicted octanol–water partition coefficient (Wildman–Crippen LogP) is 5.51. The minimum absolute atomic E-state index is 0.250. The molecule has 0 unspecified atom stereocenters. The van der Waals surface area contributed by atoms with Crippen LogP contribution in [0.25, 0.3) is 22.4 Å². The van der Waals surface area contributed by atoms with E-state index in [-0.39, 0.29) is 5.82 Å². The quantitative estimate of drug-likeness (QED) is 0.484. The predicted molar refractivity (Wildman–Crippen MR) is 100 cm³/mol. The lowest BCUT2D eigenvalue weighted by atomic mass is 10.1. The molecule has 1 aromatic heterocycles. The van der Waals surface area contributed by atoms with Gasteiger partial charge in [0.15, 0.2) is 0 Å². The number of hydrogen-bond acceptors (Lipinski definition) is 1. The number of halogens is 1. The summed E-state index contributed by atoms with van der Waals surface area (Å²) in [6.45, 7) is 4.86. The van der Waals surface area contributed by atoms with Crippen molar-refractivity contribution in [3.8, 4) is 11.4 Å². The van der Waals surface area contributed by atoms with E-state index in [1.165, 1.54) is 22.8 Å². The first kappa shape index (κ1) is 15.6. The van der Waals surface area contributed by atoms with Crippen molar-refractivity contribution >= 4 is 11.0 Å². The van der Waals surface area contributed by atoms with Crippen LogP contribution in [0.2, 0.25) is 0 Å². The van der Waals surface area contributed by atoms with Gasteiger partial charge in [-0.1, -0.05) is 48.0 Å². The Morgan fingerprint density at radius 3 is 2.52 bits per heavy atom. The molecule has 0 bridgehead atoms. The third-order valence-corrected chi connectivity index (χ3v) is 4.60. The van der Waals surface area contributed by atoms with E-state index >= 15 is 0 Å². The molecule has 0 fully saturated rings. The van der Waals surface area contributed by atoms with E-state index in [0.29, 0.717) is 17.9 Å². The van der Waals surface area contributed by atoms with Crippen LogP contribution in [-0.2, 0) is 6.54 Å². The maximum Gasteiger partial charge on any atom is 0.144 e. The van der Waals surface area contributed by atoms with Crippen molar-refractivity contribution < 1.29 is 4.39 Å². The van der Waals surface area contributed by atoms with Crippen LogP contribution in [-0.4, -0.2) is 9.55 Å². The minimum atomic E-state index is -0.250. The molecule has 0 amide bonds. The summed E-state index contributed by atoms with van der Waals surface area (Å²) >= 11 is 0. The van der Waals surface area contributed by atoms with Crippen molar-refractivity contribution in [2.24, 2.45) is 0 Å². The highest BCUT2D eigenvalue weighted by molar-refractivity contribution is 5.80. The largest absolute Gasteiger partial charge is 0.319 e. The fourth-order valence-corrected chi connectivity index (χ4v) is 3.22. The topological polar surface area (TPSA) is 17.8 Å². The van der Waals surface area contributed by atoms with Gasteiger partial charge < -0.3 is 4.57 Å². The van der Waals surface area contributed by atoms with Gasteiger partial charge in [-0.3, -0.25) is 0 Å². The molecule has 4 aromatic rings. The molecule has 0 aliphatic rings. The van der Waals surface area contributed by atoms with Crippen molar-refractivity contribution in [3.05, 3.63) is 89.2 Å². The zero-order valence-corrected chi connectivity index (χ0v) is 14.3. The van der Waals surface area contributed by atoms with Crippen molar-refractivity contribution in [1.29, 1.82) is 0 Å². The van der Waals surface area contributed by atoms with Crippen LogP contribution in [0.15, 0.2) is 66.7 Å². The summed E-state index contributed by atoms with van der Waals surface area (Å²) in [7, 11) is 0. The number of nitrogens with zero attached hydrogens (tertiary/aromatic N) is 2. The average molecular weight is 330 g/mol. The van der Waals surface area contributed by atoms with Crippen LogP contribution in [0.1, 0.15) is 16.7 Å². The fourth-order valence-electron chi connectivity index (χ4n) is 3.22. The van der Waals surface area contributed by atoms with Gasteiger partial charge in [-0.05, 0) is 49.2 Å². The Morgan fingerprint density at radius 1 is 0.920 bits per heavy atom. The number of imidazole rings is 1. The van der Waals surface area contributed by atoms with Gasteiger partial charge in [-0.15, -0.1) is 0 Å². The smallest absolute Gasteiger partial charge is 0.144 e. The Labute approximate surface area is 146 Å². The van der Waals surface area contributed by atoms with Crippen LogP contribution in [0.5, 0.6) is 0 Å². The first-order chi connectivity index (χ1) is 12.1. The highest BCUT2D eigenvalue weighted by atomic mass is 19.1. The van der Waals surface area contributed by atoms with Gasteiger partial charge in [0.25, 0.3) is 0 Å². The third-order valence-electron chi connectivity index (χ3n) is 4.60. The van der Waals surface area contributed by atoms with Crippen LogP contribution in [0.4, 0.5) is 4.39 Å². The van der Waals surface area contributed by atoms with E-state index in [9.17, 15) is 4.39 Å². The van der Waals surface area contributed by atoms with E-state index in [1.807, 2.05) is 30.3 Å². The summed E-state index contributed by atoms with van der Waals surface area (Å²) in [6.07, 6.45) is 0. The second-order valence-corrected chi connectivity index (χ2v) is 6.42. The Bertz CT molecular complexity index is 1060. The normalized spacial score (nSPS) is 11.2. The van der Waals surface area contributed by atoms with Gasteiger partial charge in [0.1, 0.15) is 11.6 Å². The van der Waals surface area contributed by atoms with Crippen LogP contribution in [0, 0.1) is 19.7 Å². The van der Waals surface area contributed by atoms with Crippen molar-refractivity contribution in [1.82, 2.24) is 9.55 Å². The van der Waals surface area contributed by atoms with Crippen LogP contribution < -0.4 is 0 Å². The molecular weight excluding hydrogens is 311 g/mol. The lowest BCUT2D eigenvalue weighted by Crippen LogP contribution is -2.05. The molecule has 0 aliphatic heterocycles. The van der Waals surface area contributed by atoms with Crippen LogP contribution in [0.3, 0.4) is 0 Å². The Balaban J connectivity index is 1.94. The number of aromatic nitrogens is 2. The molecule has 0 saturated carbocycles. The highest BCUT2D eigenvalue weighted by Gasteiger charge is 2.16. The molecule has 0 atom stereocenters. The molecule has 124 valence electrons.